The number of hydrogen-bond donors (Lipinski definition) is 6. The van der Waals surface area contributed by atoms with Crippen molar-refractivity contribution >= 4 is 45.4 Å². The highest BCUT2D eigenvalue weighted by molar-refractivity contribution is 8.60. The average molecular weight is 406 g/mol. The Balaban J connectivity index is 2.56. The molecule has 0 aromatic heterocycles. The molecular formula is C5H13O11P3S2. The van der Waals surface area contributed by atoms with Crippen molar-refractivity contribution in [1.82, 2.24) is 0 Å². The van der Waals surface area contributed by atoms with Crippen molar-refractivity contribution in [2.75, 3.05) is 13.2 Å². The molecule has 11 nitrogen and oxygen atoms in total. The Morgan fingerprint density at radius 2 is 1.81 bits per heavy atom. The first kappa shape index (κ1) is 20.1. The number of phosphoric acid groups is 2. The standard InChI is InChI=1S/C5H13O11P3S2/c6-3-1-13-4(5(3)7)2-14-19(20,21)16-18(11,12)15-17(8,9)10/h3-7H,1-2H2,(H,11,12)(H,20,21)(H2,8,9,10)/t3?,4-,5-/m1/s1. The first-order valence-corrected chi connectivity index (χ1v) is 11.9. The molecule has 5 N–H and O–H groups in total. The van der Waals surface area contributed by atoms with Gasteiger partial charge in [-0.05, 0) is 11.8 Å². The molecule has 1 heterocycles. The number of aliphatic hydroxyl groups excluding tert-OH is 2. The summed E-state index contributed by atoms with van der Waals surface area (Å²) in [5.74, 6) is 0. The van der Waals surface area contributed by atoms with Crippen molar-refractivity contribution < 1.29 is 51.9 Å². The van der Waals surface area contributed by atoms with E-state index in [-0.39, 0.29) is 6.61 Å². The third-order valence-corrected chi connectivity index (χ3v) is 7.80. The van der Waals surface area contributed by atoms with E-state index < -0.39 is 46.3 Å². The van der Waals surface area contributed by atoms with E-state index in [4.69, 9.17) is 23.9 Å². The van der Waals surface area contributed by atoms with Crippen LogP contribution in [0.2, 0.25) is 0 Å². The zero-order chi connectivity index (χ0) is 16.5. The van der Waals surface area contributed by atoms with Crippen molar-refractivity contribution in [2.45, 2.75) is 18.3 Å². The summed E-state index contributed by atoms with van der Waals surface area (Å²) in [4.78, 5) is 26.0. The number of thiol groups is 1. The van der Waals surface area contributed by atoms with Gasteiger partial charge in [0, 0.05) is 0 Å². The van der Waals surface area contributed by atoms with Gasteiger partial charge < -0.3 is 34.2 Å². The molecule has 0 radical (unpaired) electrons. The van der Waals surface area contributed by atoms with Crippen LogP contribution in [0.25, 0.3) is 0 Å². The SMILES string of the molecule is O=P(O)(O)OP(=O)(O)OP(=S)(S)OC[C@H]1OCC(O)[C@H]1O. The summed E-state index contributed by atoms with van der Waals surface area (Å²) in [6.45, 7) is -0.555. The number of rotatable bonds is 7. The second-order valence-electron chi connectivity index (χ2n) is 3.82. The lowest BCUT2D eigenvalue weighted by Gasteiger charge is -2.22. The Morgan fingerprint density at radius 1 is 1.24 bits per heavy atom. The minimum Gasteiger partial charge on any atom is -0.388 e. The van der Waals surface area contributed by atoms with E-state index in [1.807, 2.05) is 0 Å². The van der Waals surface area contributed by atoms with Gasteiger partial charge in [-0.25, -0.2) is 13.4 Å². The maximum absolute atomic E-state index is 11.3. The monoisotopic (exact) mass is 406 g/mol. The fourth-order valence-electron chi connectivity index (χ4n) is 1.28. The van der Waals surface area contributed by atoms with Crippen LogP contribution in [0.4, 0.5) is 0 Å². The summed E-state index contributed by atoms with van der Waals surface area (Å²) in [5.41, 5.74) is -3.73. The normalized spacial score (nSPS) is 32.6. The van der Waals surface area contributed by atoms with E-state index in [0.29, 0.717) is 0 Å². The number of ether oxygens (including phenoxy) is 1. The van der Waals surface area contributed by atoms with Crippen LogP contribution >= 0.6 is 33.6 Å². The van der Waals surface area contributed by atoms with E-state index in [2.05, 4.69) is 32.7 Å². The lowest BCUT2D eigenvalue weighted by atomic mass is 10.2. The first-order valence-electron chi connectivity index (χ1n) is 5.07. The van der Waals surface area contributed by atoms with Crippen molar-refractivity contribution in [2.24, 2.45) is 0 Å². The van der Waals surface area contributed by atoms with E-state index in [9.17, 15) is 19.3 Å². The molecule has 1 saturated heterocycles. The molecule has 0 spiro atoms. The fraction of sp³-hybridized carbons (Fsp3) is 1.00. The Bertz CT molecular complexity index is 506. The summed E-state index contributed by atoms with van der Waals surface area (Å²) in [6, 6.07) is 0. The van der Waals surface area contributed by atoms with Gasteiger partial charge in [0.25, 0.3) is 5.69 Å². The van der Waals surface area contributed by atoms with Crippen LogP contribution < -0.4 is 0 Å². The van der Waals surface area contributed by atoms with Gasteiger partial charge in [0.2, 0.25) is 0 Å². The van der Waals surface area contributed by atoms with E-state index in [1.165, 1.54) is 0 Å². The minimum absolute atomic E-state index is 0.134. The molecule has 1 aliphatic heterocycles. The highest BCUT2D eigenvalue weighted by atomic mass is 32.9. The molecule has 0 aromatic rings. The van der Waals surface area contributed by atoms with Crippen molar-refractivity contribution in [1.29, 1.82) is 0 Å². The molecule has 1 aliphatic rings. The minimum atomic E-state index is -5.28. The zero-order valence-electron chi connectivity index (χ0n) is 10.0. The van der Waals surface area contributed by atoms with E-state index >= 15 is 0 Å². The molecule has 16 heteroatoms. The van der Waals surface area contributed by atoms with Gasteiger partial charge in [0.05, 0.1) is 13.2 Å². The molecule has 0 aromatic carbocycles. The van der Waals surface area contributed by atoms with Gasteiger partial charge in [-0.3, -0.25) is 0 Å². The van der Waals surface area contributed by atoms with Gasteiger partial charge in [0.15, 0.2) is 0 Å². The smallest absolute Gasteiger partial charge is 0.388 e. The zero-order valence-corrected chi connectivity index (χ0v) is 14.4. The molecular weight excluding hydrogens is 393 g/mol. The van der Waals surface area contributed by atoms with E-state index in [0.717, 1.165) is 0 Å². The van der Waals surface area contributed by atoms with Crippen molar-refractivity contribution in [3.8, 4) is 0 Å². The molecule has 1 rings (SSSR count). The van der Waals surface area contributed by atoms with Crippen LogP contribution in [0.5, 0.6) is 0 Å². The Morgan fingerprint density at radius 3 is 2.24 bits per heavy atom. The maximum atomic E-state index is 11.3. The molecule has 0 aliphatic carbocycles. The van der Waals surface area contributed by atoms with Gasteiger partial charge in [-0.15, -0.1) is 0 Å². The highest BCUT2D eigenvalue weighted by Crippen LogP contribution is 2.69. The van der Waals surface area contributed by atoms with Gasteiger partial charge in [-0.2, -0.15) is 4.31 Å². The van der Waals surface area contributed by atoms with Crippen LogP contribution in [-0.4, -0.2) is 56.4 Å². The van der Waals surface area contributed by atoms with Crippen LogP contribution in [0, 0.1) is 0 Å². The molecule has 3 unspecified atom stereocenters. The Kier molecular flexibility index (Phi) is 7.03. The van der Waals surface area contributed by atoms with Gasteiger partial charge in [-0.1, -0.05) is 12.2 Å². The average Bonchev–Trinajstić information content (AvgIpc) is 2.52. The fourth-order valence-corrected chi connectivity index (χ4v) is 6.29. The van der Waals surface area contributed by atoms with Gasteiger partial charge in [0.1, 0.15) is 18.3 Å². The molecule has 0 saturated carbocycles. The van der Waals surface area contributed by atoms with E-state index in [1.54, 1.807) is 0 Å². The lowest BCUT2D eigenvalue weighted by Crippen LogP contribution is -2.32. The maximum Gasteiger partial charge on any atom is 0.487 e. The Hall–Kier alpha value is 1.10. The number of aliphatic hydroxyl groups is 2. The van der Waals surface area contributed by atoms with Crippen LogP contribution in [-0.2, 0) is 38.8 Å². The van der Waals surface area contributed by atoms with Crippen LogP contribution in [0.15, 0.2) is 0 Å². The van der Waals surface area contributed by atoms with Crippen LogP contribution in [0.3, 0.4) is 0 Å². The third kappa shape index (κ3) is 7.47. The molecule has 126 valence electrons. The summed E-state index contributed by atoms with van der Waals surface area (Å²) in [5, 5.41) is 18.7. The molecule has 21 heavy (non-hydrogen) atoms. The summed E-state index contributed by atoms with van der Waals surface area (Å²) in [6.07, 6.45) is -3.32. The Labute approximate surface area is 129 Å². The summed E-state index contributed by atoms with van der Waals surface area (Å²) < 4.78 is 39.4. The predicted octanol–water partition coefficient (Wildman–Crippen LogP) is -0.496. The summed E-state index contributed by atoms with van der Waals surface area (Å²) in [7, 11) is -10.5. The molecule has 1 fully saturated rings. The predicted molar refractivity (Wildman–Crippen MR) is 75.0 cm³/mol. The van der Waals surface area contributed by atoms with Crippen molar-refractivity contribution in [3.05, 3.63) is 0 Å². The summed E-state index contributed by atoms with van der Waals surface area (Å²) >= 11 is 8.32. The lowest BCUT2D eigenvalue weighted by molar-refractivity contribution is 0.000890. The second-order valence-corrected chi connectivity index (χ2v) is 12.1. The topological polar surface area (TPSA) is 172 Å². The van der Waals surface area contributed by atoms with Crippen molar-refractivity contribution in [3.63, 3.8) is 0 Å². The number of hydrogen-bond acceptors (Lipinski definition) is 9. The molecule has 0 bridgehead atoms. The first-order chi connectivity index (χ1) is 9.31. The molecule has 0 amide bonds. The quantitative estimate of drug-likeness (QED) is 0.237. The highest BCUT2D eigenvalue weighted by Gasteiger charge is 2.39. The molecule has 5 atom stereocenters. The van der Waals surface area contributed by atoms with Gasteiger partial charge >= 0.3 is 15.6 Å². The van der Waals surface area contributed by atoms with Crippen LogP contribution in [0.1, 0.15) is 0 Å². The largest absolute Gasteiger partial charge is 0.487 e. The second kappa shape index (κ2) is 7.33. The third-order valence-electron chi connectivity index (χ3n) is 2.07.